The minimum Gasteiger partial charge on any atom is -0.484 e. The molecule has 0 aliphatic heterocycles. The number of hydrogen-bond donors (Lipinski definition) is 2. The third kappa shape index (κ3) is 3.62. The van der Waals surface area contributed by atoms with Gasteiger partial charge in [-0.1, -0.05) is 11.6 Å². The van der Waals surface area contributed by atoms with E-state index in [9.17, 15) is 4.79 Å². The fraction of sp³-hybridized carbons (Fsp3) is 0.462. The zero-order chi connectivity index (χ0) is 13.0. The van der Waals surface area contributed by atoms with Crippen LogP contribution in [-0.2, 0) is 4.79 Å². The van der Waals surface area contributed by atoms with Gasteiger partial charge in [0, 0.05) is 17.1 Å². The molecule has 98 valence electrons. The van der Waals surface area contributed by atoms with Crippen molar-refractivity contribution in [2.24, 2.45) is 5.73 Å². The molecule has 1 amide bonds. The van der Waals surface area contributed by atoms with Crippen molar-refractivity contribution in [3.05, 3.63) is 29.3 Å². The van der Waals surface area contributed by atoms with Crippen molar-refractivity contribution in [3.8, 4) is 5.75 Å². The molecule has 0 unspecified atom stereocenters. The van der Waals surface area contributed by atoms with E-state index in [1.54, 1.807) is 24.3 Å². The minimum absolute atomic E-state index is 0.00227. The van der Waals surface area contributed by atoms with Crippen LogP contribution in [0.1, 0.15) is 19.3 Å². The Labute approximate surface area is 111 Å². The van der Waals surface area contributed by atoms with Crippen molar-refractivity contribution in [3.63, 3.8) is 0 Å². The summed E-state index contributed by atoms with van der Waals surface area (Å²) in [7, 11) is 0. The van der Waals surface area contributed by atoms with Crippen LogP contribution < -0.4 is 15.8 Å². The van der Waals surface area contributed by atoms with Crippen molar-refractivity contribution in [1.82, 2.24) is 5.32 Å². The van der Waals surface area contributed by atoms with Crippen molar-refractivity contribution >= 4 is 17.5 Å². The van der Waals surface area contributed by atoms with Gasteiger partial charge in [-0.05, 0) is 43.5 Å². The Kier molecular flexibility index (Phi) is 4.09. The maximum Gasteiger partial charge on any atom is 0.258 e. The van der Waals surface area contributed by atoms with E-state index in [-0.39, 0.29) is 18.1 Å². The van der Waals surface area contributed by atoms with Crippen molar-refractivity contribution in [2.75, 3.05) is 13.2 Å². The molecule has 1 aromatic carbocycles. The van der Waals surface area contributed by atoms with Gasteiger partial charge in [0.05, 0.1) is 0 Å². The molecule has 5 heteroatoms. The Bertz CT molecular complexity index is 416. The first-order valence-corrected chi connectivity index (χ1v) is 6.39. The fourth-order valence-corrected chi connectivity index (χ4v) is 1.94. The summed E-state index contributed by atoms with van der Waals surface area (Å²) in [4.78, 5) is 11.6. The van der Waals surface area contributed by atoms with Crippen LogP contribution in [0.15, 0.2) is 24.3 Å². The highest BCUT2D eigenvalue weighted by Gasteiger charge is 2.32. The first kappa shape index (κ1) is 13.2. The molecule has 0 spiro atoms. The van der Waals surface area contributed by atoms with E-state index < -0.39 is 0 Å². The molecule has 1 aliphatic rings. The van der Waals surface area contributed by atoms with Gasteiger partial charge in [0.2, 0.25) is 0 Å². The van der Waals surface area contributed by atoms with E-state index in [2.05, 4.69) is 5.32 Å². The maximum absolute atomic E-state index is 11.6. The van der Waals surface area contributed by atoms with Gasteiger partial charge in [-0.3, -0.25) is 4.79 Å². The van der Waals surface area contributed by atoms with Crippen LogP contribution in [0.4, 0.5) is 0 Å². The minimum atomic E-state index is -0.198. The molecule has 0 saturated heterocycles. The molecule has 0 radical (unpaired) electrons. The summed E-state index contributed by atoms with van der Waals surface area (Å²) in [6.45, 7) is 0.521. The molecule has 1 aromatic rings. The van der Waals surface area contributed by atoms with Gasteiger partial charge in [-0.2, -0.15) is 0 Å². The highest BCUT2D eigenvalue weighted by molar-refractivity contribution is 6.30. The first-order valence-electron chi connectivity index (χ1n) is 6.01. The van der Waals surface area contributed by atoms with Crippen LogP contribution in [0.3, 0.4) is 0 Å². The molecule has 1 aliphatic carbocycles. The summed E-state index contributed by atoms with van der Waals surface area (Å²) in [6, 6.07) is 6.90. The van der Waals surface area contributed by atoms with E-state index >= 15 is 0 Å². The molecule has 1 fully saturated rings. The Morgan fingerprint density at radius 3 is 2.61 bits per heavy atom. The third-order valence-electron chi connectivity index (χ3n) is 3.17. The highest BCUT2D eigenvalue weighted by Crippen LogP contribution is 2.27. The predicted octanol–water partition coefficient (Wildman–Crippen LogP) is 1.72. The molecule has 1 saturated carbocycles. The predicted molar refractivity (Wildman–Crippen MR) is 70.7 cm³/mol. The van der Waals surface area contributed by atoms with Crippen molar-refractivity contribution < 1.29 is 9.53 Å². The van der Waals surface area contributed by atoms with Crippen LogP contribution in [0.2, 0.25) is 5.02 Å². The number of benzene rings is 1. The smallest absolute Gasteiger partial charge is 0.258 e. The normalized spacial score (nSPS) is 16.8. The molecule has 0 bridgehead atoms. The van der Waals surface area contributed by atoms with Crippen molar-refractivity contribution in [2.45, 2.75) is 24.8 Å². The van der Waals surface area contributed by atoms with Gasteiger partial charge in [0.25, 0.3) is 5.91 Å². The van der Waals surface area contributed by atoms with Gasteiger partial charge in [0.1, 0.15) is 5.75 Å². The number of halogens is 1. The van der Waals surface area contributed by atoms with E-state index in [0.717, 1.165) is 19.3 Å². The lowest BCUT2D eigenvalue weighted by Crippen LogP contribution is -2.55. The second kappa shape index (κ2) is 5.59. The zero-order valence-corrected chi connectivity index (χ0v) is 10.9. The SMILES string of the molecule is NC1(CNC(=O)COc2ccc(Cl)cc2)CCC1. The molecule has 0 atom stereocenters. The Balaban J connectivity index is 1.69. The molecule has 2 rings (SSSR count). The van der Waals surface area contributed by atoms with Gasteiger partial charge >= 0.3 is 0 Å². The summed E-state index contributed by atoms with van der Waals surface area (Å²) < 4.78 is 5.33. The standard InChI is InChI=1S/C13H17ClN2O2/c14-10-2-4-11(5-3-10)18-8-12(17)16-9-13(15)6-1-7-13/h2-5H,1,6-9,15H2,(H,16,17). The van der Waals surface area contributed by atoms with Gasteiger partial charge in [-0.15, -0.1) is 0 Å². The average molecular weight is 269 g/mol. The van der Waals surface area contributed by atoms with Crippen LogP contribution in [0.25, 0.3) is 0 Å². The molecule has 3 N–H and O–H groups in total. The van der Waals surface area contributed by atoms with E-state index in [1.807, 2.05) is 0 Å². The lowest BCUT2D eigenvalue weighted by atomic mass is 9.78. The van der Waals surface area contributed by atoms with Gasteiger partial charge in [0.15, 0.2) is 6.61 Å². The second-order valence-corrected chi connectivity index (χ2v) is 5.17. The number of nitrogens with two attached hydrogens (primary N) is 1. The largest absolute Gasteiger partial charge is 0.484 e. The number of rotatable bonds is 5. The van der Waals surface area contributed by atoms with Crippen LogP contribution in [0, 0.1) is 0 Å². The topological polar surface area (TPSA) is 64.3 Å². The Morgan fingerprint density at radius 2 is 2.06 bits per heavy atom. The number of amides is 1. The van der Waals surface area contributed by atoms with E-state index in [1.165, 1.54) is 0 Å². The van der Waals surface area contributed by atoms with Crippen LogP contribution in [-0.4, -0.2) is 24.6 Å². The maximum atomic E-state index is 11.6. The molecule has 4 nitrogen and oxygen atoms in total. The second-order valence-electron chi connectivity index (χ2n) is 4.74. The summed E-state index contributed by atoms with van der Waals surface area (Å²) >= 11 is 5.75. The monoisotopic (exact) mass is 268 g/mol. The number of hydrogen-bond acceptors (Lipinski definition) is 3. The van der Waals surface area contributed by atoms with E-state index in [4.69, 9.17) is 22.1 Å². The summed E-state index contributed by atoms with van der Waals surface area (Å²) in [5.74, 6) is 0.474. The quantitative estimate of drug-likeness (QED) is 0.855. The van der Waals surface area contributed by atoms with Gasteiger partial charge in [-0.25, -0.2) is 0 Å². The number of ether oxygens (including phenoxy) is 1. The molecule has 0 heterocycles. The van der Waals surface area contributed by atoms with Crippen molar-refractivity contribution in [1.29, 1.82) is 0 Å². The third-order valence-corrected chi connectivity index (χ3v) is 3.42. The summed E-state index contributed by atoms with van der Waals surface area (Å²) in [5, 5.41) is 3.43. The van der Waals surface area contributed by atoms with E-state index in [0.29, 0.717) is 17.3 Å². The highest BCUT2D eigenvalue weighted by atomic mass is 35.5. The summed E-state index contributed by atoms with van der Waals surface area (Å²) in [6.07, 6.45) is 3.10. The number of carbonyl (C=O) groups excluding carboxylic acids is 1. The first-order chi connectivity index (χ1) is 8.57. The Morgan fingerprint density at radius 1 is 1.39 bits per heavy atom. The van der Waals surface area contributed by atoms with Crippen LogP contribution >= 0.6 is 11.6 Å². The number of nitrogens with one attached hydrogen (secondary N) is 1. The summed E-state index contributed by atoms with van der Waals surface area (Å²) in [5.41, 5.74) is 5.81. The van der Waals surface area contributed by atoms with Gasteiger partial charge < -0.3 is 15.8 Å². The molecular weight excluding hydrogens is 252 g/mol. The number of carbonyl (C=O) groups is 1. The molecular formula is C13H17ClN2O2. The Hall–Kier alpha value is -1.26. The lowest BCUT2D eigenvalue weighted by Gasteiger charge is -2.38. The average Bonchev–Trinajstić information content (AvgIpc) is 2.33. The van der Waals surface area contributed by atoms with Crippen LogP contribution in [0.5, 0.6) is 5.75 Å². The lowest BCUT2D eigenvalue weighted by molar-refractivity contribution is -0.123. The molecule has 18 heavy (non-hydrogen) atoms. The fourth-order valence-electron chi connectivity index (χ4n) is 1.81. The molecule has 0 aromatic heterocycles. The zero-order valence-electron chi connectivity index (χ0n) is 10.1.